The van der Waals surface area contributed by atoms with E-state index in [1.807, 2.05) is 31.4 Å². The lowest BCUT2D eigenvalue weighted by Crippen LogP contribution is -2.28. The van der Waals surface area contributed by atoms with Gasteiger partial charge in [-0.15, -0.1) is 0 Å². The standard InChI is InChI=1S/C19H21N3O4S2/c1-4-9-21-18(23)17(27-19(21)24)11-14-10-12(2)22(13(14)3)15-5-7-16(8-6-15)28(20,25)26/h5-8,10-11H,4,9H2,1-3H3,(H2,20,25,26)/b17-11+. The van der Waals surface area contributed by atoms with Gasteiger partial charge >= 0.3 is 0 Å². The summed E-state index contributed by atoms with van der Waals surface area (Å²) in [5.41, 5.74) is 3.40. The molecular formula is C19H21N3O4S2. The number of nitrogens with zero attached hydrogens (tertiary/aromatic N) is 2. The number of sulfonamides is 1. The maximum absolute atomic E-state index is 12.5. The second-order valence-corrected chi connectivity index (χ2v) is 9.09. The third-order valence-electron chi connectivity index (χ3n) is 4.50. The van der Waals surface area contributed by atoms with E-state index in [1.54, 1.807) is 18.2 Å². The Morgan fingerprint density at radius 3 is 2.36 bits per heavy atom. The molecule has 1 aliphatic heterocycles. The Kier molecular flexibility index (Phi) is 5.51. The van der Waals surface area contributed by atoms with Gasteiger partial charge in [-0.2, -0.15) is 0 Å². The van der Waals surface area contributed by atoms with Crippen LogP contribution in [0.4, 0.5) is 4.79 Å². The summed E-state index contributed by atoms with van der Waals surface area (Å²) in [6.07, 6.45) is 2.45. The molecule has 0 spiro atoms. The van der Waals surface area contributed by atoms with Gasteiger partial charge in [0.25, 0.3) is 11.1 Å². The molecule has 0 atom stereocenters. The average Bonchev–Trinajstić information content (AvgIpc) is 3.05. The summed E-state index contributed by atoms with van der Waals surface area (Å²) >= 11 is 0.950. The second kappa shape index (κ2) is 7.57. The number of hydrogen-bond acceptors (Lipinski definition) is 5. The molecule has 1 aromatic carbocycles. The third-order valence-corrected chi connectivity index (χ3v) is 6.34. The number of primary sulfonamides is 1. The largest absolute Gasteiger partial charge is 0.318 e. The average molecular weight is 420 g/mol. The van der Waals surface area contributed by atoms with E-state index >= 15 is 0 Å². The molecule has 3 rings (SSSR count). The minimum absolute atomic E-state index is 0.0449. The van der Waals surface area contributed by atoms with Crippen LogP contribution in [0.1, 0.15) is 30.3 Å². The van der Waals surface area contributed by atoms with Gasteiger partial charge in [0.05, 0.1) is 9.80 Å². The molecule has 0 aliphatic carbocycles. The molecular weight excluding hydrogens is 398 g/mol. The molecule has 1 aromatic heterocycles. The van der Waals surface area contributed by atoms with Crippen molar-refractivity contribution in [2.75, 3.05) is 6.54 Å². The molecule has 2 aromatic rings. The van der Waals surface area contributed by atoms with Crippen molar-refractivity contribution < 1.29 is 18.0 Å². The van der Waals surface area contributed by atoms with Gasteiger partial charge in [-0.05, 0) is 74.0 Å². The predicted octanol–water partition coefficient (Wildman–Crippen LogP) is 3.19. The molecule has 0 radical (unpaired) electrons. The maximum atomic E-state index is 12.5. The van der Waals surface area contributed by atoms with Crippen LogP contribution in [0.25, 0.3) is 11.8 Å². The highest BCUT2D eigenvalue weighted by molar-refractivity contribution is 8.18. The third kappa shape index (κ3) is 3.78. The number of carbonyl (C=O) groups is 2. The minimum atomic E-state index is -3.75. The topological polar surface area (TPSA) is 102 Å². The molecule has 1 aliphatic rings. The lowest BCUT2D eigenvalue weighted by molar-refractivity contribution is -0.122. The first-order valence-electron chi connectivity index (χ1n) is 8.71. The van der Waals surface area contributed by atoms with E-state index < -0.39 is 10.0 Å². The fraction of sp³-hybridized carbons (Fsp3) is 0.263. The molecule has 0 bridgehead atoms. The molecule has 0 saturated carbocycles. The Hall–Kier alpha value is -2.36. The fourth-order valence-corrected chi connectivity index (χ4v) is 4.54. The normalized spacial score (nSPS) is 16.4. The number of benzene rings is 1. The van der Waals surface area contributed by atoms with E-state index in [-0.39, 0.29) is 16.0 Å². The monoisotopic (exact) mass is 419 g/mol. The highest BCUT2D eigenvalue weighted by Gasteiger charge is 2.34. The van der Waals surface area contributed by atoms with E-state index in [9.17, 15) is 18.0 Å². The molecule has 2 heterocycles. The van der Waals surface area contributed by atoms with Gasteiger partial charge in [0.2, 0.25) is 10.0 Å². The molecule has 1 saturated heterocycles. The Bertz CT molecular complexity index is 1080. The Labute approximate surface area is 168 Å². The van der Waals surface area contributed by atoms with Gasteiger partial charge < -0.3 is 4.57 Å². The molecule has 0 unspecified atom stereocenters. The van der Waals surface area contributed by atoms with Crippen molar-refractivity contribution >= 4 is 39.0 Å². The quantitative estimate of drug-likeness (QED) is 0.750. The van der Waals surface area contributed by atoms with Gasteiger partial charge in [-0.3, -0.25) is 14.5 Å². The van der Waals surface area contributed by atoms with Crippen molar-refractivity contribution in [1.29, 1.82) is 0 Å². The Balaban J connectivity index is 1.97. The first kappa shape index (κ1) is 20.4. The Morgan fingerprint density at radius 1 is 1.14 bits per heavy atom. The molecule has 148 valence electrons. The van der Waals surface area contributed by atoms with Gasteiger partial charge in [-0.1, -0.05) is 6.92 Å². The van der Waals surface area contributed by atoms with Gasteiger partial charge in [-0.25, -0.2) is 13.6 Å². The SMILES string of the molecule is CCCN1C(=O)S/C(=C/c2cc(C)n(-c3ccc(S(N)(=O)=O)cc3)c2C)C1=O. The number of aromatic nitrogens is 1. The molecule has 1 fully saturated rings. The van der Waals surface area contributed by atoms with Crippen molar-refractivity contribution in [2.24, 2.45) is 5.14 Å². The number of imide groups is 1. The molecule has 7 nitrogen and oxygen atoms in total. The van der Waals surface area contributed by atoms with Gasteiger partial charge in [0.15, 0.2) is 0 Å². The molecule has 2 N–H and O–H groups in total. The maximum Gasteiger partial charge on any atom is 0.293 e. The summed E-state index contributed by atoms with van der Waals surface area (Å²) in [4.78, 5) is 26.2. The van der Waals surface area contributed by atoms with Crippen LogP contribution in [0.5, 0.6) is 0 Å². The fourth-order valence-electron chi connectivity index (χ4n) is 3.17. The highest BCUT2D eigenvalue weighted by Crippen LogP contribution is 2.33. The number of carbonyl (C=O) groups excluding carboxylic acids is 2. The van der Waals surface area contributed by atoms with Gasteiger partial charge in [0, 0.05) is 23.6 Å². The van der Waals surface area contributed by atoms with Crippen LogP contribution in [0, 0.1) is 13.8 Å². The van der Waals surface area contributed by atoms with Crippen LogP contribution >= 0.6 is 11.8 Å². The zero-order valence-corrected chi connectivity index (χ0v) is 17.4. The van der Waals surface area contributed by atoms with Crippen LogP contribution in [0.3, 0.4) is 0 Å². The number of amides is 2. The zero-order chi connectivity index (χ0) is 20.6. The summed E-state index contributed by atoms with van der Waals surface area (Å²) in [6.45, 7) is 6.16. The van der Waals surface area contributed by atoms with Crippen LogP contribution in [0.15, 0.2) is 40.1 Å². The van der Waals surface area contributed by atoms with Crippen molar-refractivity contribution in [3.63, 3.8) is 0 Å². The number of aryl methyl sites for hydroxylation is 1. The minimum Gasteiger partial charge on any atom is -0.318 e. The predicted molar refractivity (Wildman–Crippen MR) is 110 cm³/mol. The number of hydrogen-bond donors (Lipinski definition) is 1. The lowest BCUT2D eigenvalue weighted by atomic mass is 10.2. The van der Waals surface area contributed by atoms with E-state index in [4.69, 9.17) is 5.14 Å². The molecule has 28 heavy (non-hydrogen) atoms. The van der Waals surface area contributed by atoms with Crippen LogP contribution in [-0.4, -0.2) is 35.6 Å². The second-order valence-electron chi connectivity index (χ2n) is 6.53. The van der Waals surface area contributed by atoms with E-state index in [0.29, 0.717) is 17.9 Å². The Morgan fingerprint density at radius 2 is 1.79 bits per heavy atom. The first-order chi connectivity index (χ1) is 13.1. The number of thioether (sulfide) groups is 1. The van der Waals surface area contributed by atoms with E-state index in [2.05, 4.69) is 0 Å². The highest BCUT2D eigenvalue weighted by atomic mass is 32.2. The summed E-state index contributed by atoms with van der Waals surface area (Å²) in [5, 5.41) is 4.90. The first-order valence-corrected chi connectivity index (χ1v) is 11.1. The van der Waals surface area contributed by atoms with Crippen molar-refractivity contribution in [3.05, 3.63) is 52.2 Å². The van der Waals surface area contributed by atoms with E-state index in [1.165, 1.54) is 17.0 Å². The van der Waals surface area contributed by atoms with Crippen molar-refractivity contribution in [1.82, 2.24) is 9.47 Å². The summed E-state index contributed by atoms with van der Waals surface area (Å²) in [5.74, 6) is -0.265. The van der Waals surface area contributed by atoms with E-state index in [0.717, 1.165) is 34.4 Å². The van der Waals surface area contributed by atoms with Crippen LogP contribution in [-0.2, 0) is 14.8 Å². The molecule has 2 amide bonds. The summed E-state index contributed by atoms with van der Waals surface area (Å²) < 4.78 is 24.8. The lowest BCUT2D eigenvalue weighted by Gasteiger charge is -2.10. The van der Waals surface area contributed by atoms with Crippen molar-refractivity contribution in [3.8, 4) is 5.69 Å². The number of rotatable bonds is 5. The van der Waals surface area contributed by atoms with Crippen LogP contribution < -0.4 is 5.14 Å². The van der Waals surface area contributed by atoms with Gasteiger partial charge in [0.1, 0.15) is 0 Å². The number of nitrogens with two attached hydrogens (primary N) is 1. The summed E-state index contributed by atoms with van der Waals surface area (Å²) in [7, 11) is -3.75. The summed E-state index contributed by atoms with van der Waals surface area (Å²) in [6, 6.07) is 8.20. The van der Waals surface area contributed by atoms with Crippen LogP contribution in [0.2, 0.25) is 0 Å². The molecule has 9 heteroatoms. The zero-order valence-electron chi connectivity index (χ0n) is 15.8. The smallest absolute Gasteiger partial charge is 0.293 e. The van der Waals surface area contributed by atoms with Crippen molar-refractivity contribution in [2.45, 2.75) is 32.1 Å².